The standard InChI is InChI=1S/C21H22O7/c1-27-17-6-11(3-4-15(17)23)5-13-7-12(9-18(28-2)20(13)25)19-14(10-22)8-16(24)21(19)26/h3-4,6-7,9,14,22-23,25-26H,5,8,10H2,1-2H3. The van der Waals surface area contributed by atoms with Gasteiger partial charge in [-0.15, -0.1) is 0 Å². The molecule has 1 aliphatic rings. The Hall–Kier alpha value is -3.19. The topological polar surface area (TPSA) is 116 Å². The Morgan fingerprint density at radius 1 is 1.04 bits per heavy atom. The molecule has 4 N–H and O–H groups in total. The number of phenolic OH excluding ortho intramolecular Hbond substituents is 2. The summed E-state index contributed by atoms with van der Waals surface area (Å²) >= 11 is 0. The van der Waals surface area contributed by atoms with Crippen LogP contribution < -0.4 is 9.47 Å². The fourth-order valence-electron chi connectivity index (χ4n) is 3.46. The zero-order chi connectivity index (χ0) is 20.4. The SMILES string of the molecule is COc1cc(Cc2cc(C3=C(O)C(=O)CC3CO)cc(OC)c2O)ccc1O. The maximum atomic E-state index is 11.9. The third-order valence-electron chi connectivity index (χ3n) is 4.90. The second kappa shape index (κ2) is 7.82. The lowest BCUT2D eigenvalue weighted by Gasteiger charge is -2.16. The second-order valence-electron chi connectivity index (χ2n) is 6.64. The number of hydrogen-bond donors (Lipinski definition) is 4. The van der Waals surface area contributed by atoms with Crippen molar-refractivity contribution in [2.45, 2.75) is 12.8 Å². The highest BCUT2D eigenvalue weighted by atomic mass is 16.5. The number of carbonyl (C=O) groups excluding carboxylic acids is 1. The quantitative estimate of drug-likeness (QED) is 0.603. The van der Waals surface area contributed by atoms with Crippen LogP contribution in [-0.2, 0) is 11.2 Å². The number of hydrogen-bond acceptors (Lipinski definition) is 7. The Kier molecular flexibility index (Phi) is 5.46. The number of carbonyl (C=O) groups is 1. The largest absolute Gasteiger partial charge is 0.504 e. The van der Waals surface area contributed by atoms with E-state index in [4.69, 9.17) is 9.47 Å². The molecule has 0 aliphatic heterocycles. The third kappa shape index (κ3) is 3.48. The summed E-state index contributed by atoms with van der Waals surface area (Å²) in [5, 5.41) is 40.1. The Morgan fingerprint density at radius 3 is 2.39 bits per heavy atom. The lowest BCUT2D eigenvalue weighted by atomic mass is 9.92. The van der Waals surface area contributed by atoms with Crippen molar-refractivity contribution in [1.29, 1.82) is 0 Å². The van der Waals surface area contributed by atoms with Crippen LogP contribution >= 0.6 is 0 Å². The first kappa shape index (κ1) is 19.6. The fraction of sp³-hybridized carbons (Fsp3) is 0.286. The van der Waals surface area contributed by atoms with Gasteiger partial charge in [-0.25, -0.2) is 0 Å². The highest BCUT2D eigenvalue weighted by molar-refractivity contribution is 6.06. The van der Waals surface area contributed by atoms with Crippen molar-refractivity contribution in [3.8, 4) is 23.0 Å². The predicted molar refractivity (Wildman–Crippen MR) is 102 cm³/mol. The van der Waals surface area contributed by atoms with Crippen LogP contribution in [0, 0.1) is 5.92 Å². The average molecular weight is 386 g/mol. The number of phenols is 2. The van der Waals surface area contributed by atoms with Gasteiger partial charge in [0, 0.05) is 29.9 Å². The molecule has 7 heteroatoms. The number of Topliss-reactive ketones (excluding diaryl/α,β-unsaturated/α-hetero) is 1. The number of allylic oxidation sites excluding steroid dienone is 1. The molecule has 7 nitrogen and oxygen atoms in total. The highest BCUT2D eigenvalue weighted by Crippen LogP contribution is 2.41. The molecule has 0 heterocycles. The van der Waals surface area contributed by atoms with E-state index in [9.17, 15) is 25.2 Å². The predicted octanol–water partition coefficient (Wildman–Crippen LogP) is 2.56. The molecule has 1 unspecified atom stereocenters. The number of aliphatic hydroxyl groups is 2. The molecule has 0 fully saturated rings. The summed E-state index contributed by atoms with van der Waals surface area (Å²) in [7, 11) is 2.85. The summed E-state index contributed by atoms with van der Waals surface area (Å²) in [5.74, 6) is -0.870. The first-order valence-corrected chi connectivity index (χ1v) is 8.72. The molecule has 0 spiro atoms. The first-order valence-electron chi connectivity index (χ1n) is 8.72. The molecule has 28 heavy (non-hydrogen) atoms. The third-order valence-corrected chi connectivity index (χ3v) is 4.90. The lowest BCUT2D eigenvalue weighted by molar-refractivity contribution is -0.117. The van der Waals surface area contributed by atoms with Crippen LogP contribution in [0.5, 0.6) is 23.0 Å². The van der Waals surface area contributed by atoms with E-state index in [2.05, 4.69) is 0 Å². The van der Waals surface area contributed by atoms with Gasteiger partial charge in [-0.1, -0.05) is 6.07 Å². The molecular weight excluding hydrogens is 364 g/mol. The maximum absolute atomic E-state index is 11.9. The van der Waals surface area contributed by atoms with Crippen LogP contribution in [0.1, 0.15) is 23.1 Å². The molecule has 0 aromatic heterocycles. The minimum atomic E-state index is -0.511. The van der Waals surface area contributed by atoms with E-state index in [1.165, 1.54) is 26.4 Å². The van der Waals surface area contributed by atoms with Gasteiger partial charge < -0.3 is 29.9 Å². The zero-order valence-corrected chi connectivity index (χ0v) is 15.6. The maximum Gasteiger partial charge on any atom is 0.198 e. The summed E-state index contributed by atoms with van der Waals surface area (Å²) in [6.07, 6.45) is 0.323. The number of rotatable bonds is 6. The van der Waals surface area contributed by atoms with Crippen LogP contribution in [-0.4, -0.2) is 47.0 Å². The summed E-state index contributed by atoms with van der Waals surface area (Å²) in [6.45, 7) is -0.279. The molecule has 0 amide bonds. The first-order chi connectivity index (χ1) is 13.4. The summed E-state index contributed by atoms with van der Waals surface area (Å²) in [5.41, 5.74) is 2.11. The number of aliphatic hydroxyl groups excluding tert-OH is 2. The number of methoxy groups -OCH3 is 2. The van der Waals surface area contributed by atoms with Crippen molar-refractivity contribution >= 4 is 11.4 Å². The number of benzene rings is 2. The fourth-order valence-corrected chi connectivity index (χ4v) is 3.46. The molecule has 0 bridgehead atoms. The molecule has 0 radical (unpaired) electrons. The van der Waals surface area contributed by atoms with Gasteiger partial charge in [0.1, 0.15) is 0 Å². The molecule has 1 atom stereocenters. The molecule has 148 valence electrons. The van der Waals surface area contributed by atoms with E-state index >= 15 is 0 Å². The summed E-state index contributed by atoms with van der Waals surface area (Å²) in [4.78, 5) is 11.9. The van der Waals surface area contributed by atoms with E-state index < -0.39 is 11.7 Å². The monoisotopic (exact) mass is 386 g/mol. The second-order valence-corrected chi connectivity index (χ2v) is 6.64. The Balaban J connectivity index is 2.08. The van der Waals surface area contributed by atoms with Crippen molar-refractivity contribution in [3.63, 3.8) is 0 Å². The van der Waals surface area contributed by atoms with Crippen LogP contribution in [0.25, 0.3) is 5.57 Å². The molecule has 2 aromatic carbocycles. The van der Waals surface area contributed by atoms with Gasteiger partial charge in [0.15, 0.2) is 34.5 Å². The van der Waals surface area contributed by atoms with Gasteiger partial charge in [-0.2, -0.15) is 0 Å². The molecule has 3 rings (SSSR count). The smallest absolute Gasteiger partial charge is 0.198 e. The van der Waals surface area contributed by atoms with Crippen molar-refractivity contribution in [1.82, 2.24) is 0 Å². The molecule has 2 aromatic rings. The van der Waals surface area contributed by atoms with Gasteiger partial charge in [0.05, 0.1) is 20.8 Å². The van der Waals surface area contributed by atoms with Gasteiger partial charge in [-0.3, -0.25) is 4.79 Å². The molecule has 0 saturated carbocycles. The van der Waals surface area contributed by atoms with Crippen molar-refractivity contribution in [2.24, 2.45) is 5.92 Å². The minimum absolute atomic E-state index is 0.00661. The molecule has 0 saturated heterocycles. The van der Waals surface area contributed by atoms with Crippen LogP contribution in [0.15, 0.2) is 36.1 Å². The average Bonchev–Trinajstić information content (AvgIpc) is 2.98. The Bertz CT molecular complexity index is 946. The minimum Gasteiger partial charge on any atom is -0.504 e. The summed E-state index contributed by atoms with van der Waals surface area (Å²) < 4.78 is 10.4. The number of aromatic hydroxyl groups is 2. The van der Waals surface area contributed by atoms with Gasteiger partial charge in [0.25, 0.3) is 0 Å². The van der Waals surface area contributed by atoms with E-state index in [0.29, 0.717) is 28.9 Å². The van der Waals surface area contributed by atoms with Crippen LogP contribution in [0.3, 0.4) is 0 Å². The van der Waals surface area contributed by atoms with Gasteiger partial charge >= 0.3 is 0 Å². The van der Waals surface area contributed by atoms with Crippen LogP contribution in [0.2, 0.25) is 0 Å². The van der Waals surface area contributed by atoms with E-state index in [-0.39, 0.29) is 36.0 Å². The highest BCUT2D eigenvalue weighted by Gasteiger charge is 2.33. The van der Waals surface area contributed by atoms with Crippen molar-refractivity contribution < 1.29 is 34.7 Å². The number of ether oxygens (including phenoxy) is 2. The van der Waals surface area contributed by atoms with E-state index in [0.717, 1.165) is 5.56 Å². The molecule has 1 aliphatic carbocycles. The van der Waals surface area contributed by atoms with Gasteiger partial charge in [0.2, 0.25) is 0 Å². The number of ketones is 1. The van der Waals surface area contributed by atoms with Crippen molar-refractivity contribution in [3.05, 3.63) is 52.8 Å². The van der Waals surface area contributed by atoms with E-state index in [1.54, 1.807) is 18.2 Å². The summed E-state index contributed by atoms with van der Waals surface area (Å²) in [6, 6.07) is 8.04. The normalized spacial score (nSPS) is 16.5. The zero-order valence-electron chi connectivity index (χ0n) is 15.6. The van der Waals surface area contributed by atoms with E-state index in [1.807, 2.05) is 0 Å². The lowest BCUT2D eigenvalue weighted by Crippen LogP contribution is -2.06. The van der Waals surface area contributed by atoms with Gasteiger partial charge in [-0.05, 0) is 35.4 Å². The Morgan fingerprint density at radius 2 is 1.75 bits per heavy atom. The van der Waals surface area contributed by atoms with Crippen molar-refractivity contribution in [2.75, 3.05) is 20.8 Å². The molecular formula is C21H22O7. The Labute approximate surface area is 162 Å². The van der Waals surface area contributed by atoms with Crippen LogP contribution in [0.4, 0.5) is 0 Å².